The van der Waals surface area contributed by atoms with Crippen LogP contribution in [-0.4, -0.2) is 17.8 Å². The molecule has 0 saturated heterocycles. The third kappa shape index (κ3) is 4.22. The van der Waals surface area contributed by atoms with Crippen LogP contribution in [0.15, 0.2) is 48.5 Å². The fourth-order valence-corrected chi connectivity index (χ4v) is 1.82. The lowest BCUT2D eigenvalue weighted by atomic mass is 10.2. The molecule has 2 N–H and O–H groups in total. The summed E-state index contributed by atoms with van der Waals surface area (Å²) in [5.74, 6) is 1.06. The molecule has 0 aliphatic rings. The molecular weight excluding hydrogens is 270 g/mol. The van der Waals surface area contributed by atoms with Gasteiger partial charge in [0.2, 0.25) is 0 Å². The molecule has 110 valence electrons. The fraction of sp³-hybridized carbons (Fsp3) is 0.188. The van der Waals surface area contributed by atoms with Gasteiger partial charge >= 0.3 is 6.09 Å². The summed E-state index contributed by atoms with van der Waals surface area (Å²) in [6.45, 7) is 2.21. The normalized spacial score (nSPS) is 10.0. The second kappa shape index (κ2) is 7.31. The number of hydrogen-bond donors (Lipinski definition) is 2. The molecule has 0 atom stereocenters. The van der Waals surface area contributed by atoms with E-state index in [1.54, 1.807) is 42.5 Å². The molecule has 0 unspecified atom stereocenters. The lowest BCUT2D eigenvalue weighted by Crippen LogP contribution is -2.16. The molecule has 0 aliphatic carbocycles. The van der Waals surface area contributed by atoms with Crippen LogP contribution in [0.25, 0.3) is 0 Å². The number of para-hydroxylation sites is 1. The zero-order valence-corrected chi connectivity index (χ0v) is 11.7. The first kappa shape index (κ1) is 14.9. The smallest absolute Gasteiger partial charge is 0.417 e. The topological polar surface area (TPSA) is 67.8 Å². The third-order valence-electron chi connectivity index (χ3n) is 2.73. The van der Waals surface area contributed by atoms with Crippen molar-refractivity contribution in [1.29, 1.82) is 0 Å². The Morgan fingerprint density at radius 2 is 1.95 bits per heavy atom. The molecule has 0 radical (unpaired) electrons. The Labute approximate surface area is 123 Å². The Kier molecular flexibility index (Phi) is 5.17. The number of amides is 1. The minimum atomic E-state index is -0.589. The molecule has 21 heavy (non-hydrogen) atoms. The molecule has 0 fully saturated rings. The number of hydrogen-bond acceptors (Lipinski definition) is 4. The van der Waals surface area contributed by atoms with Gasteiger partial charge in [0.1, 0.15) is 11.5 Å². The van der Waals surface area contributed by atoms with Crippen molar-refractivity contribution in [3.05, 3.63) is 54.1 Å². The van der Waals surface area contributed by atoms with Crippen molar-refractivity contribution < 1.29 is 19.4 Å². The van der Waals surface area contributed by atoms with Gasteiger partial charge in [-0.1, -0.05) is 18.2 Å². The minimum absolute atomic E-state index is 0.168. The molecule has 2 aromatic carbocycles. The predicted octanol–water partition coefficient (Wildman–Crippen LogP) is 3.19. The minimum Gasteiger partial charge on any atom is -0.494 e. The zero-order valence-electron chi connectivity index (χ0n) is 11.7. The number of nitrogens with one attached hydrogen (secondary N) is 1. The van der Waals surface area contributed by atoms with Crippen molar-refractivity contribution in [3.63, 3.8) is 0 Å². The van der Waals surface area contributed by atoms with Gasteiger partial charge in [-0.15, -0.1) is 0 Å². The van der Waals surface area contributed by atoms with Crippen LogP contribution in [0.5, 0.6) is 11.5 Å². The number of aliphatic hydroxyl groups excluding tert-OH is 1. The van der Waals surface area contributed by atoms with E-state index in [0.29, 0.717) is 29.4 Å². The van der Waals surface area contributed by atoms with Gasteiger partial charge in [-0.05, 0) is 37.3 Å². The summed E-state index contributed by atoms with van der Waals surface area (Å²) in [6, 6.07) is 13.8. The lowest BCUT2D eigenvalue weighted by molar-refractivity contribution is 0.215. The summed E-state index contributed by atoms with van der Waals surface area (Å²) in [4.78, 5) is 11.8. The molecule has 5 nitrogen and oxygen atoms in total. The summed E-state index contributed by atoms with van der Waals surface area (Å²) in [5.41, 5.74) is 1.14. The van der Waals surface area contributed by atoms with E-state index in [1.165, 1.54) is 0 Å². The highest BCUT2D eigenvalue weighted by Gasteiger charge is 2.08. The maximum Gasteiger partial charge on any atom is 0.417 e. The number of ether oxygens (including phenoxy) is 2. The van der Waals surface area contributed by atoms with Gasteiger partial charge in [-0.3, -0.25) is 5.32 Å². The zero-order chi connectivity index (χ0) is 15.1. The number of carbonyl (C=O) groups is 1. The molecule has 0 heterocycles. The van der Waals surface area contributed by atoms with Gasteiger partial charge in [0.25, 0.3) is 0 Å². The van der Waals surface area contributed by atoms with E-state index in [4.69, 9.17) is 9.47 Å². The van der Waals surface area contributed by atoms with Gasteiger partial charge in [0.15, 0.2) is 0 Å². The Balaban J connectivity index is 2.04. The van der Waals surface area contributed by atoms with Crippen molar-refractivity contribution >= 4 is 11.8 Å². The van der Waals surface area contributed by atoms with Gasteiger partial charge in [0.05, 0.1) is 13.2 Å². The average molecular weight is 287 g/mol. The predicted molar refractivity (Wildman–Crippen MR) is 79.6 cm³/mol. The largest absolute Gasteiger partial charge is 0.494 e. The second-order valence-electron chi connectivity index (χ2n) is 4.24. The van der Waals surface area contributed by atoms with E-state index in [-0.39, 0.29) is 6.61 Å². The Morgan fingerprint density at radius 1 is 1.19 bits per heavy atom. The first-order valence-corrected chi connectivity index (χ1v) is 6.63. The van der Waals surface area contributed by atoms with Crippen molar-refractivity contribution in [2.24, 2.45) is 0 Å². The third-order valence-corrected chi connectivity index (χ3v) is 2.73. The highest BCUT2D eigenvalue weighted by Crippen LogP contribution is 2.23. The first-order valence-electron chi connectivity index (χ1n) is 6.63. The Bertz CT molecular complexity index is 598. The van der Waals surface area contributed by atoms with Crippen LogP contribution in [0.4, 0.5) is 10.5 Å². The van der Waals surface area contributed by atoms with E-state index in [2.05, 4.69) is 5.32 Å². The highest BCUT2D eigenvalue weighted by molar-refractivity contribution is 5.86. The molecule has 1 amide bonds. The van der Waals surface area contributed by atoms with Crippen molar-refractivity contribution in [2.45, 2.75) is 13.5 Å². The van der Waals surface area contributed by atoms with Crippen molar-refractivity contribution in [2.75, 3.05) is 11.9 Å². The molecule has 0 spiro atoms. The number of benzene rings is 2. The second-order valence-corrected chi connectivity index (χ2v) is 4.24. The van der Waals surface area contributed by atoms with Gasteiger partial charge in [0, 0.05) is 11.3 Å². The number of carbonyl (C=O) groups excluding carboxylic acids is 1. The van der Waals surface area contributed by atoms with Crippen molar-refractivity contribution in [1.82, 2.24) is 0 Å². The molecule has 2 aromatic rings. The molecule has 2 rings (SSSR count). The summed E-state index contributed by atoms with van der Waals surface area (Å²) in [6.07, 6.45) is -0.589. The SMILES string of the molecule is CCOc1ccc(NC(=O)Oc2ccccc2)cc1CO. The first-order chi connectivity index (χ1) is 10.2. The van der Waals surface area contributed by atoms with Crippen LogP contribution in [0.3, 0.4) is 0 Å². The van der Waals surface area contributed by atoms with E-state index in [9.17, 15) is 9.90 Å². The average Bonchev–Trinajstić information content (AvgIpc) is 2.50. The summed E-state index contributed by atoms with van der Waals surface area (Å²) in [7, 11) is 0. The number of rotatable bonds is 5. The summed E-state index contributed by atoms with van der Waals surface area (Å²) < 4.78 is 10.5. The molecule has 0 aromatic heterocycles. The van der Waals surface area contributed by atoms with E-state index in [1.807, 2.05) is 13.0 Å². The van der Waals surface area contributed by atoms with Crippen LogP contribution in [0.2, 0.25) is 0 Å². The van der Waals surface area contributed by atoms with Crippen LogP contribution in [0.1, 0.15) is 12.5 Å². The fourth-order valence-electron chi connectivity index (χ4n) is 1.82. The molecule has 0 bridgehead atoms. The monoisotopic (exact) mass is 287 g/mol. The maximum absolute atomic E-state index is 11.8. The summed E-state index contributed by atoms with van der Waals surface area (Å²) in [5, 5.41) is 11.9. The van der Waals surface area contributed by atoms with Gasteiger partial charge in [-0.25, -0.2) is 4.79 Å². The van der Waals surface area contributed by atoms with Crippen LogP contribution < -0.4 is 14.8 Å². The molecule has 0 aliphatic heterocycles. The maximum atomic E-state index is 11.8. The molecular formula is C16H17NO4. The molecule has 0 saturated carbocycles. The number of anilines is 1. The van der Waals surface area contributed by atoms with E-state index >= 15 is 0 Å². The van der Waals surface area contributed by atoms with Crippen LogP contribution >= 0.6 is 0 Å². The Hall–Kier alpha value is -2.53. The quantitative estimate of drug-likeness (QED) is 0.886. The number of aliphatic hydroxyl groups is 1. The summed E-state index contributed by atoms with van der Waals surface area (Å²) >= 11 is 0. The van der Waals surface area contributed by atoms with E-state index < -0.39 is 6.09 Å². The van der Waals surface area contributed by atoms with Gasteiger partial charge in [-0.2, -0.15) is 0 Å². The van der Waals surface area contributed by atoms with Gasteiger partial charge < -0.3 is 14.6 Å². The van der Waals surface area contributed by atoms with Crippen LogP contribution in [0, 0.1) is 0 Å². The van der Waals surface area contributed by atoms with Crippen LogP contribution in [-0.2, 0) is 6.61 Å². The molecule has 5 heteroatoms. The van der Waals surface area contributed by atoms with Crippen molar-refractivity contribution in [3.8, 4) is 11.5 Å². The Morgan fingerprint density at radius 3 is 2.62 bits per heavy atom. The highest BCUT2D eigenvalue weighted by atomic mass is 16.6. The standard InChI is InChI=1S/C16H17NO4/c1-2-20-15-9-8-13(10-12(15)11-18)17-16(19)21-14-6-4-3-5-7-14/h3-10,18H,2,11H2,1H3,(H,17,19). The lowest BCUT2D eigenvalue weighted by Gasteiger charge is -2.11. The van der Waals surface area contributed by atoms with E-state index in [0.717, 1.165) is 0 Å².